The lowest BCUT2D eigenvalue weighted by atomic mass is 9.95. The van der Waals surface area contributed by atoms with Crippen molar-refractivity contribution >= 4 is 27.5 Å². The lowest BCUT2D eigenvalue weighted by molar-refractivity contribution is -0.139. The van der Waals surface area contributed by atoms with E-state index in [0.29, 0.717) is 5.75 Å². The van der Waals surface area contributed by atoms with E-state index in [1.54, 1.807) is 6.92 Å². The summed E-state index contributed by atoms with van der Waals surface area (Å²) in [7, 11) is -2.79. The molecule has 3 aromatic carbocycles. The molecule has 1 atom stereocenters. The molecule has 2 amide bonds. The van der Waals surface area contributed by atoms with Gasteiger partial charge in [-0.2, -0.15) is 0 Å². The fourth-order valence-electron chi connectivity index (χ4n) is 5.05. The topological polar surface area (TPSA) is 96.0 Å². The van der Waals surface area contributed by atoms with Crippen molar-refractivity contribution in [3.63, 3.8) is 0 Å². The van der Waals surface area contributed by atoms with Crippen LogP contribution in [-0.2, 0) is 26.2 Å². The molecule has 0 saturated heterocycles. The van der Waals surface area contributed by atoms with Gasteiger partial charge in [0, 0.05) is 12.6 Å². The van der Waals surface area contributed by atoms with Crippen molar-refractivity contribution in [1.29, 1.82) is 0 Å². The molecular weight excluding hydrogens is 557 g/mol. The third-order valence-electron chi connectivity index (χ3n) is 7.63. The van der Waals surface area contributed by atoms with Gasteiger partial charge in [-0.3, -0.25) is 13.9 Å². The number of ether oxygens (including phenoxy) is 1. The first-order valence-electron chi connectivity index (χ1n) is 14.2. The Labute approximate surface area is 247 Å². The Bertz CT molecular complexity index is 1460. The molecule has 42 heavy (non-hydrogen) atoms. The molecule has 10 heteroatoms. The minimum absolute atomic E-state index is 0.0520. The fourth-order valence-corrected chi connectivity index (χ4v) is 6.47. The molecule has 1 aliphatic rings. The number of methoxy groups -OCH3 is 1. The summed E-state index contributed by atoms with van der Waals surface area (Å²) in [5.74, 6) is -0.918. The zero-order valence-corrected chi connectivity index (χ0v) is 25.1. The van der Waals surface area contributed by atoms with Gasteiger partial charge in [0.25, 0.3) is 10.0 Å². The number of carbonyl (C=O) groups excluding carboxylic acids is 2. The molecule has 0 spiro atoms. The van der Waals surface area contributed by atoms with E-state index in [1.165, 1.54) is 48.4 Å². The monoisotopic (exact) mass is 595 g/mol. The zero-order valence-electron chi connectivity index (χ0n) is 24.3. The van der Waals surface area contributed by atoms with Crippen molar-refractivity contribution in [2.45, 2.75) is 69.5 Å². The predicted octanol–water partition coefficient (Wildman–Crippen LogP) is 5.20. The van der Waals surface area contributed by atoms with Crippen molar-refractivity contribution in [2.24, 2.45) is 0 Å². The fraction of sp³-hybridized carbons (Fsp3) is 0.375. The van der Waals surface area contributed by atoms with E-state index in [1.807, 2.05) is 31.2 Å². The summed E-state index contributed by atoms with van der Waals surface area (Å²) in [4.78, 5) is 28.8. The molecule has 1 saturated carbocycles. The van der Waals surface area contributed by atoms with Crippen LogP contribution in [-0.4, -0.2) is 50.9 Å². The van der Waals surface area contributed by atoms with Crippen molar-refractivity contribution in [3.8, 4) is 5.75 Å². The SMILES string of the molecule is COc1ccc(S(=O)(=O)N(CC(=O)N(Cc2ccc(C)cc2)[C@@H](C)C(=O)NC2CCCCC2)c2ccc(F)cc2)cc1. The summed E-state index contributed by atoms with van der Waals surface area (Å²) in [5.41, 5.74) is 1.97. The Kier molecular flexibility index (Phi) is 10.2. The summed E-state index contributed by atoms with van der Waals surface area (Å²) in [6, 6.07) is 17.5. The van der Waals surface area contributed by atoms with Crippen LogP contribution < -0.4 is 14.4 Å². The van der Waals surface area contributed by atoms with Gasteiger partial charge >= 0.3 is 0 Å². The van der Waals surface area contributed by atoms with Crippen molar-refractivity contribution in [3.05, 3.63) is 89.7 Å². The molecule has 0 bridgehead atoms. The van der Waals surface area contributed by atoms with Gasteiger partial charge in [0.2, 0.25) is 11.8 Å². The van der Waals surface area contributed by atoms with E-state index in [9.17, 15) is 22.4 Å². The highest BCUT2D eigenvalue weighted by Crippen LogP contribution is 2.26. The number of hydrogen-bond acceptors (Lipinski definition) is 5. The maximum absolute atomic E-state index is 14.0. The molecule has 0 unspecified atom stereocenters. The Morgan fingerprint density at radius 1 is 0.952 bits per heavy atom. The van der Waals surface area contributed by atoms with Crippen molar-refractivity contribution in [1.82, 2.24) is 10.2 Å². The largest absolute Gasteiger partial charge is 0.497 e. The highest BCUT2D eigenvalue weighted by atomic mass is 32.2. The first kappa shape index (κ1) is 31.0. The number of nitrogens with zero attached hydrogens (tertiary/aromatic N) is 2. The molecule has 0 aliphatic heterocycles. The number of amides is 2. The average Bonchev–Trinajstić information content (AvgIpc) is 3.00. The second-order valence-corrected chi connectivity index (χ2v) is 12.6. The molecule has 8 nitrogen and oxygen atoms in total. The molecule has 3 aromatic rings. The van der Waals surface area contributed by atoms with Gasteiger partial charge in [-0.25, -0.2) is 12.8 Å². The molecular formula is C32H38FN3O5S. The number of benzene rings is 3. The van der Waals surface area contributed by atoms with E-state index in [4.69, 9.17) is 4.74 Å². The van der Waals surface area contributed by atoms with E-state index in [2.05, 4.69) is 5.32 Å². The Hall–Kier alpha value is -3.92. The number of hydrogen-bond donors (Lipinski definition) is 1. The lowest BCUT2D eigenvalue weighted by Gasteiger charge is -2.33. The summed E-state index contributed by atoms with van der Waals surface area (Å²) >= 11 is 0. The van der Waals surface area contributed by atoms with Crippen LogP contribution in [0, 0.1) is 12.7 Å². The number of carbonyl (C=O) groups is 2. The van der Waals surface area contributed by atoms with Gasteiger partial charge in [-0.1, -0.05) is 49.1 Å². The highest BCUT2D eigenvalue weighted by Gasteiger charge is 2.33. The molecule has 0 aromatic heterocycles. The van der Waals surface area contributed by atoms with Crippen LogP contribution in [0.5, 0.6) is 5.75 Å². The quantitative estimate of drug-likeness (QED) is 0.329. The van der Waals surface area contributed by atoms with Crippen molar-refractivity contribution in [2.75, 3.05) is 18.0 Å². The smallest absolute Gasteiger partial charge is 0.264 e. The number of anilines is 1. The number of halogens is 1. The maximum atomic E-state index is 14.0. The van der Waals surface area contributed by atoms with Crippen LogP contribution in [0.1, 0.15) is 50.2 Å². The zero-order chi connectivity index (χ0) is 30.3. The summed E-state index contributed by atoms with van der Waals surface area (Å²) in [6.45, 7) is 3.13. The van der Waals surface area contributed by atoms with Crippen LogP contribution in [0.15, 0.2) is 77.7 Å². The van der Waals surface area contributed by atoms with E-state index < -0.39 is 34.3 Å². The average molecular weight is 596 g/mol. The van der Waals surface area contributed by atoms with Gasteiger partial charge < -0.3 is 15.0 Å². The predicted molar refractivity (Wildman–Crippen MR) is 160 cm³/mol. The summed E-state index contributed by atoms with van der Waals surface area (Å²) in [5, 5.41) is 3.09. The Morgan fingerprint density at radius 3 is 2.17 bits per heavy atom. The first-order chi connectivity index (χ1) is 20.1. The van der Waals surface area contributed by atoms with Crippen LogP contribution in [0.3, 0.4) is 0 Å². The minimum Gasteiger partial charge on any atom is -0.497 e. The third-order valence-corrected chi connectivity index (χ3v) is 9.42. The molecule has 1 aliphatic carbocycles. The van der Waals surface area contributed by atoms with Crippen LogP contribution in [0.2, 0.25) is 0 Å². The van der Waals surface area contributed by atoms with Gasteiger partial charge in [-0.15, -0.1) is 0 Å². The lowest BCUT2D eigenvalue weighted by Crippen LogP contribution is -2.53. The van der Waals surface area contributed by atoms with Gasteiger partial charge in [0.05, 0.1) is 17.7 Å². The minimum atomic E-state index is -4.26. The maximum Gasteiger partial charge on any atom is 0.264 e. The van der Waals surface area contributed by atoms with Gasteiger partial charge in [-0.05, 0) is 80.8 Å². The van der Waals surface area contributed by atoms with Crippen LogP contribution in [0.25, 0.3) is 0 Å². The molecule has 4 rings (SSSR count). The van der Waals surface area contributed by atoms with E-state index in [0.717, 1.165) is 59.7 Å². The second kappa shape index (κ2) is 13.8. The van der Waals surface area contributed by atoms with Gasteiger partial charge in [0.15, 0.2) is 0 Å². The molecule has 0 radical (unpaired) electrons. The molecule has 1 N–H and O–H groups in total. The highest BCUT2D eigenvalue weighted by molar-refractivity contribution is 7.92. The molecule has 0 heterocycles. The van der Waals surface area contributed by atoms with Crippen LogP contribution >= 0.6 is 0 Å². The number of sulfonamides is 1. The number of nitrogens with one attached hydrogen (secondary N) is 1. The van der Waals surface area contributed by atoms with Crippen LogP contribution in [0.4, 0.5) is 10.1 Å². The second-order valence-electron chi connectivity index (χ2n) is 10.7. The Morgan fingerprint density at radius 2 is 1.57 bits per heavy atom. The van der Waals surface area contributed by atoms with Gasteiger partial charge in [0.1, 0.15) is 24.2 Å². The normalized spacial score (nSPS) is 14.6. The summed E-state index contributed by atoms with van der Waals surface area (Å²) < 4.78 is 47.7. The first-order valence-corrected chi connectivity index (χ1v) is 15.6. The van der Waals surface area contributed by atoms with E-state index in [-0.39, 0.29) is 29.1 Å². The summed E-state index contributed by atoms with van der Waals surface area (Å²) in [6.07, 6.45) is 5.01. The van der Waals surface area contributed by atoms with Crippen molar-refractivity contribution < 1.29 is 27.1 Å². The molecule has 1 fully saturated rings. The Balaban J connectivity index is 1.66. The third kappa shape index (κ3) is 7.67. The van der Waals surface area contributed by atoms with E-state index >= 15 is 0 Å². The number of rotatable bonds is 11. The standard InChI is InChI=1S/C32H38FN3O5S/c1-23-9-11-25(12-10-23)21-35(24(2)32(38)34-27-7-5-4-6-8-27)31(37)22-36(28-15-13-26(33)14-16-28)42(39,40)30-19-17-29(41-3)18-20-30/h9-20,24,27H,4-8,21-22H2,1-3H3,(H,34,38)/t24-/m0/s1. The number of aryl methyl sites for hydroxylation is 1. The molecule has 224 valence electrons.